The van der Waals surface area contributed by atoms with Crippen molar-refractivity contribution in [2.45, 2.75) is 19.1 Å². The summed E-state index contributed by atoms with van der Waals surface area (Å²) >= 11 is 0. The van der Waals surface area contributed by atoms with E-state index >= 15 is 0 Å². The Kier molecular flexibility index (Phi) is 4.95. The van der Waals surface area contributed by atoms with Gasteiger partial charge in [-0.2, -0.15) is 0 Å². The molecule has 2 aromatic rings. The number of aliphatic hydroxyl groups excluding tert-OH is 1. The average molecular weight is 312 g/mol. The van der Waals surface area contributed by atoms with E-state index in [0.29, 0.717) is 12.1 Å². The van der Waals surface area contributed by atoms with Crippen molar-refractivity contribution in [1.29, 1.82) is 0 Å². The summed E-state index contributed by atoms with van der Waals surface area (Å²) in [5, 5.41) is 12.9. The molecule has 0 bridgehead atoms. The summed E-state index contributed by atoms with van der Waals surface area (Å²) in [6.45, 7) is 2.52. The van der Waals surface area contributed by atoms with Crippen molar-refractivity contribution < 1.29 is 9.90 Å². The van der Waals surface area contributed by atoms with Crippen molar-refractivity contribution in [3.63, 3.8) is 0 Å². The molecule has 0 saturated heterocycles. The number of carbonyl (C=O) groups is 1. The molecule has 0 aliphatic carbocycles. The summed E-state index contributed by atoms with van der Waals surface area (Å²) < 4.78 is 0. The number of rotatable bonds is 5. The zero-order valence-electron chi connectivity index (χ0n) is 12.9. The number of hydrogen-bond donors (Lipinski definition) is 2. The van der Waals surface area contributed by atoms with Crippen LogP contribution in [-0.2, 0) is 13.0 Å². The van der Waals surface area contributed by atoms with Gasteiger partial charge in [-0.3, -0.25) is 9.69 Å². The Morgan fingerprint density at radius 2 is 2.00 bits per heavy atom. The predicted octanol–water partition coefficient (Wildman–Crippen LogP) is 0.626. The Balaban J connectivity index is 1.47. The van der Waals surface area contributed by atoms with Crippen LogP contribution < -0.4 is 5.32 Å². The van der Waals surface area contributed by atoms with Crippen molar-refractivity contribution in [3.8, 4) is 0 Å². The molecule has 1 aromatic heterocycles. The number of fused-ring (bicyclic) bond motifs is 1. The Hall–Kier alpha value is -2.31. The first-order valence-electron chi connectivity index (χ1n) is 7.73. The molecule has 1 aromatic carbocycles. The van der Waals surface area contributed by atoms with Crippen LogP contribution in [0.15, 0.2) is 43.0 Å². The van der Waals surface area contributed by atoms with Gasteiger partial charge in [0.1, 0.15) is 6.33 Å². The molecule has 6 nitrogen and oxygen atoms in total. The molecule has 6 heteroatoms. The lowest BCUT2D eigenvalue weighted by Crippen LogP contribution is -2.42. The molecule has 2 N–H and O–H groups in total. The highest BCUT2D eigenvalue weighted by Gasteiger charge is 2.18. The molecule has 0 unspecified atom stereocenters. The number of β-amino-alcohol motifs (C(OH)–C–C–N with tert-alkyl or cyclic N) is 1. The summed E-state index contributed by atoms with van der Waals surface area (Å²) in [6, 6.07) is 8.39. The third-order valence-electron chi connectivity index (χ3n) is 4.00. The van der Waals surface area contributed by atoms with E-state index in [0.717, 1.165) is 19.5 Å². The Bertz CT molecular complexity index is 663. The van der Waals surface area contributed by atoms with Gasteiger partial charge in [-0.15, -0.1) is 0 Å². The largest absolute Gasteiger partial charge is 0.390 e. The van der Waals surface area contributed by atoms with Crippen molar-refractivity contribution in [3.05, 3.63) is 59.7 Å². The van der Waals surface area contributed by atoms with Gasteiger partial charge >= 0.3 is 0 Å². The van der Waals surface area contributed by atoms with Crippen LogP contribution in [0, 0.1) is 0 Å². The topological polar surface area (TPSA) is 78.4 Å². The molecule has 0 radical (unpaired) electrons. The van der Waals surface area contributed by atoms with Crippen molar-refractivity contribution >= 4 is 5.91 Å². The summed E-state index contributed by atoms with van der Waals surface area (Å²) in [5.74, 6) is -0.270. The van der Waals surface area contributed by atoms with E-state index in [2.05, 4.69) is 38.4 Å². The summed E-state index contributed by atoms with van der Waals surface area (Å²) in [5.41, 5.74) is 3.10. The van der Waals surface area contributed by atoms with E-state index in [1.807, 2.05) is 6.07 Å². The zero-order valence-corrected chi connectivity index (χ0v) is 12.9. The van der Waals surface area contributed by atoms with Gasteiger partial charge in [0.05, 0.1) is 11.7 Å². The molecule has 120 valence electrons. The van der Waals surface area contributed by atoms with Gasteiger partial charge in [-0.05, 0) is 17.5 Å². The zero-order chi connectivity index (χ0) is 16.1. The first-order valence-corrected chi connectivity index (χ1v) is 7.73. The predicted molar refractivity (Wildman–Crippen MR) is 85.8 cm³/mol. The average Bonchev–Trinajstić information content (AvgIpc) is 2.60. The molecule has 0 saturated carbocycles. The molecule has 23 heavy (non-hydrogen) atoms. The van der Waals surface area contributed by atoms with Crippen LogP contribution in [-0.4, -0.2) is 51.6 Å². The quantitative estimate of drug-likeness (QED) is 0.846. The van der Waals surface area contributed by atoms with Gasteiger partial charge in [0.25, 0.3) is 5.91 Å². The fraction of sp³-hybridized carbons (Fsp3) is 0.353. The van der Waals surface area contributed by atoms with E-state index in [1.54, 1.807) is 0 Å². The number of nitrogens with one attached hydrogen (secondary N) is 1. The normalized spacial score (nSPS) is 15.7. The van der Waals surface area contributed by atoms with Gasteiger partial charge in [0, 0.05) is 38.6 Å². The van der Waals surface area contributed by atoms with Crippen LogP contribution in [0.1, 0.15) is 21.5 Å². The molecular formula is C17H20N4O2. The molecular weight excluding hydrogens is 292 g/mol. The minimum absolute atomic E-state index is 0.214. The minimum atomic E-state index is -0.603. The second kappa shape index (κ2) is 7.30. The van der Waals surface area contributed by atoms with Crippen LogP contribution in [0.25, 0.3) is 0 Å². The molecule has 0 spiro atoms. The minimum Gasteiger partial charge on any atom is -0.390 e. The molecule has 1 aliphatic heterocycles. The molecule has 1 atom stereocenters. The second-order valence-corrected chi connectivity index (χ2v) is 5.74. The maximum absolute atomic E-state index is 11.9. The number of benzene rings is 1. The summed E-state index contributed by atoms with van der Waals surface area (Å²) in [7, 11) is 0. The van der Waals surface area contributed by atoms with Crippen LogP contribution in [0.4, 0.5) is 0 Å². The first kappa shape index (κ1) is 15.6. The summed E-state index contributed by atoms with van der Waals surface area (Å²) in [4.78, 5) is 21.7. The third-order valence-corrected chi connectivity index (χ3v) is 4.00. The van der Waals surface area contributed by atoms with Gasteiger partial charge in [0.2, 0.25) is 0 Å². The number of aromatic nitrogens is 2. The third kappa shape index (κ3) is 4.12. The lowest BCUT2D eigenvalue weighted by molar-refractivity contribution is 0.0841. The van der Waals surface area contributed by atoms with E-state index in [9.17, 15) is 9.90 Å². The highest BCUT2D eigenvalue weighted by Crippen LogP contribution is 2.18. The number of hydrogen-bond acceptors (Lipinski definition) is 5. The fourth-order valence-electron chi connectivity index (χ4n) is 2.80. The van der Waals surface area contributed by atoms with E-state index in [1.165, 1.54) is 29.8 Å². The molecule has 2 heterocycles. The SMILES string of the molecule is O=C(NC[C@@H](O)CN1CCc2ccccc2C1)c1cncnc1. The fourth-order valence-corrected chi connectivity index (χ4v) is 2.80. The van der Waals surface area contributed by atoms with Crippen molar-refractivity contribution in [2.75, 3.05) is 19.6 Å². The highest BCUT2D eigenvalue weighted by atomic mass is 16.3. The molecule has 1 amide bonds. The van der Waals surface area contributed by atoms with E-state index < -0.39 is 6.10 Å². The first-order chi connectivity index (χ1) is 11.2. The number of nitrogens with zero attached hydrogens (tertiary/aromatic N) is 3. The van der Waals surface area contributed by atoms with Gasteiger partial charge in [-0.25, -0.2) is 9.97 Å². The smallest absolute Gasteiger partial charge is 0.254 e. The van der Waals surface area contributed by atoms with Gasteiger partial charge in [-0.1, -0.05) is 24.3 Å². The number of amides is 1. The maximum atomic E-state index is 11.9. The lowest BCUT2D eigenvalue weighted by atomic mass is 10.00. The van der Waals surface area contributed by atoms with Crippen LogP contribution >= 0.6 is 0 Å². The number of aliphatic hydroxyl groups is 1. The molecule has 3 rings (SSSR count). The Morgan fingerprint density at radius 1 is 1.26 bits per heavy atom. The van der Waals surface area contributed by atoms with E-state index in [-0.39, 0.29) is 12.5 Å². The van der Waals surface area contributed by atoms with Crippen molar-refractivity contribution in [1.82, 2.24) is 20.2 Å². The summed E-state index contributed by atoms with van der Waals surface area (Å²) in [6.07, 6.45) is 4.68. The van der Waals surface area contributed by atoms with Gasteiger partial charge in [0.15, 0.2) is 0 Å². The lowest BCUT2D eigenvalue weighted by Gasteiger charge is -2.30. The van der Waals surface area contributed by atoms with Gasteiger partial charge < -0.3 is 10.4 Å². The van der Waals surface area contributed by atoms with Crippen LogP contribution in [0.3, 0.4) is 0 Å². The van der Waals surface area contributed by atoms with Crippen LogP contribution in [0.2, 0.25) is 0 Å². The number of carbonyl (C=O) groups excluding carboxylic acids is 1. The highest BCUT2D eigenvalue weighted by molar-refractivity contribution is 5.93. The monoisotopic (exact) mass is 312 g/mol. The standard InChI is InChI=1S/C17H20N4O2/c22-16(9-20-17(23)15-7-18-12-19-8-15)11-21-6-5-13-3-1-2-4-14(13)10-21/h1-4,7-8,12,16,22H,5-6,9-11H2,(H,20,23)/t16-/m1/s1. The molecule has 0 fully saturated rings. The Labute approximate surface area is 135 Å². The maximum Gasteiger partial charge on any atom is 0.254 e. The second-order valence-electron chi connectivity index (χ2n) is 5.74. The van der Waals surface area contributed by atoms with Crippen molar-refractivity contribution in [2.24, 2.45) is 0 Å². The molecule has 1 aliphatic rings. The van der Waals surface area contributed by atoms with Crippen LogP contribution in [0.5, 0.6) is 0 Å². The Morgan fingerprint density at radius 3 is 2.78 bits per heavy atom. The van der Waals surface area contributed by atoms with E-state index in [4.69, 9.17) is 0 Å².